The summed E-state index contributed by atoms with van der Waals surface area (Å²) >= 11 is 0. The fourth-order valence-electron chi connectivity index (χ4n) is 0.746. The fraction of sp³-hybridized carbons (Fsp3) is 0.714. The zero-order chi connectivity index (χ0) is 8.85. The van der Waals surface area contributed by atoms with Crippen LogP contribution in [0.4, 0.5) is 0 Å². The highest BCUT2D eigenvalue weighted by molar-refractivity contribution is 5.77. The molecule has 0 saturated heterocycles. The van der Waals surface area contributed by atoms with Crippen LogP contribution in [0.5, 0.6) is 0 Å². The van der Waals surface area contributed by atoms with Gasteiger partial charge in [0.2, 0.25) is 0 Å². The second kappa shape index (κ2) is 4.85. The van der Waals surface area contributed by atoms with Crippen LogP contribution in [-0.4, -0.2) is 41.9 Å². The summed E-state index contributed by atoms with van der Waals surface area (Å²) in [6.45, 7) is 2.24. The van der Waals surface area contributed by atoms with Crippen LogP contribution in [0.25, 0.3) is 0 Å². The molecular weight excluding hydrogens is 146 g/mol. The Morgan fingerprint density at radius 1 is 1.45 bits per heavy atom. The average molecular weight is 159 g/mol. The van der Waals surface area contributed by atoms with Gasteiger partial charge in [-0.05, 0) is 14.0 Å². The summed E-state index contributed by atoms with van der Waals surface area (Å²) in [5.41, 5.74) is 0. The lowest BCUT2D eigenvalue weighted by atomic mass is 10.3. The molecule has 1 N–H and O–H groups in total. The Kier molecular flexibility index (Phi) is 4.45. The van der Waals surface area contributed by atoms with E-state index >= 15 is 0 Å². The Bertz CT molecular complexity index is 156. The number of rotatable bonds is 5. The number of carboxylic acid groups (broad SMARTS) is 1. The summed E-state index contributed by atoms with van der Waals surface area (Å²) in [5, 5.41) is 8.28. The molecule has 0 heterocycles. The topological polar surface area (TPSA) is 57.6 Å². The molecular formula is C7H13NO3. The first-order valence-electron chi connectivity index (χ1n) is 3.42. The van der Waals surface area contributed by atoms with E-state index in [0.717, 1.165) is 0 Å². The third kappa shape index (κ3) is 6.99. The molecule has 0 aromatic rings. The Morgan fingerprint density at radius 2 is 2.00 bits per heavy atom. The molecule has 0 saturated carbocycles. The SMILES string of the molecule is CC(=O)CN(C)CCC(=O)O. The van der Waals surface area contributed by atoms with Crippen LogP contribution in [0.1, 0.15) is 13.3 Å². The van der Waals surface area contributed by atoms with E-state index in [-0.39, 0.29) is 12.2 Å². The molecule has 4 nitrogen and oxygen atoms in total. The number of carbonyl (C=O) groups is 2. The minimum absolute atomic E-state index is 0.0536. The van der Waals surface area contributed by atoms with Gasteiger partial charge in [0.15, 0.2) is 0 Å². The monoisotopic (exact) mass is 159 g/mol. The molecule has 64 valence electrons. The lowest BCUT2D eigenvalue weighted by molar-refractivity contribution is -0.137. The van der Waals surface area contributed by atoms with E-state index in [9.17, 15) is 9.59 Å². The lowest BCUT2D eigenvalue weighted by Crippen LogP contribution is -2.26. The summed E-state index contributed by atoms with van der Waals surface area (Å²) < 4.78 is 0. The average Bonchev–Trinajstić information content (AvgIpc) is 1.82. The molecule has 0 unspecified atom stereocenters. The fourth-order valence-corrected chi connectivity index (χ4v) is 0.746. The predicted octanol–water partition coefficient (Wildman–Crippen LogP) is -0.0181. The third-order valence-electron chi connectivity index (χ3n) is 1.20. The van der Waals surface area contributed by atoms with Crippen molar-refractivity contribution in [2.45, 2.75) is 13.3 Å². The first kappa shape index (κ1) is 10.1. The summed E-state index contributed by atoms with van der Waals surface area (Å²) in [6, 6.07) is 0. The van der Waals surface area contributed by atoms with Gasteiger partial charge in [-0.1, -0.05) is 0 Å². The Morgan fingerprint density at radius 3 is 2.36 bits per heavy atom. The zero-order valence-electron chi connectivity index (χ0n) is 6.83. The van der Waals surface area contributed by atoms with Gasteiger partial charge in [-0.2, -0.15) is 0 Å². The van der Waals surface area contributed by atoms with Crippen molar-refractivity contribution in [3.8, 4) is 0 Å². The number of nitrogens with zero attached hydrogens (tertiary/aromatic N) is 1. The molecule has 0 bridgehead atoms. The Balaban J connectivity index is 3.44. The van der Waals surface area contributed by atoms with Crippen molar-refractivity contribution in [2.24, 2.45) is 0 Å². The largest absolute Gasteiger partial charge is 0.481 e. The molecule has 0 amide bonds. The van der Waals surface area contributed by atoms with Crippen molar-refractivity contribution < 1.29 is 14.7 Å². The van der Waals surface area contributed by atoms with Crippen molar-refractivity contribution in [1.29, 1.82) is 0 Å². The molecule has 0 radical (unpaired) electrons. The number of likely N-dealkylation sites (N-methyl/N-ethyl adjacent to an activating group) is 1. The minimum Gasteiger partial charge on any atom is -0.481 e. The second-order valence-corrected chi connectivity index (χ2v) is 2.58. The van der Waals surface area contributed by atoms with Gasteiger partial charge in [0.1, 0.15) is 5.78 Å². The highest BCUT2D eigenvalue weighted by atomic mass is 16.4. The zero-order valence-corrected chi connectivity index (χ0v) is 6.83. The van der Waals surface area contributed by atoms with Gasteiger partial charge in [-0.3, -0.25) is 14.5 Å². The molecule has 0 rings (SSSR count). The highest BCUT2D eigenvalue weighted by Crippen LogP contribution is 1.87. The van der Waals surface area contributed by atoms with Crippen molar-refractivity contribution in [1.82, 2.24) is 4.90 Å². The van der Waals surface area contributed by atoms with Crippen LogP contribution in [0.3, 0.4) is 0 Å². The van der Waals surface area contributed by atoms with Crippen LogP contribution in [-0.2, 0) is 9.59 Å². The quantitative estimate of drug-likeness (QED) is 0.612. The molecule has 0 aliphatic carbocycles. The summed E-state index contributed by atoms with van der Waals surface area (Å²) in [7, 11) is 1.73. The van der Waals surface area contributed by atoms with E-state index in [1.54, 1.807) is 11.9 Å². The number of carbonyl (C=O) groups excluding carboxylic acids is 1. The maximum atomic E-state index is 10.5. The van der Waals surface area contributed by atoms with Crippen molar-refractivity contribution in [3.05, 3.63) is 0 Å². The van der Waals surface area contributed by atoms with Gasteiger partial charge in [0.05, 0.1) is 13.0 Å². The molecule has 4 heteroatoms. The standard InChI is InChI=1S/C7H13NO3/c1-6(9)5-8(2)4-3-7(10)11/h3-5H2,1-2H3,(H,10,11). The van der Waals surface area contributed by atoms with E-state index in [0.29, 0.717) is 13.1 Å². The van der Waals surface area contributed by atoms with Crippen LogP contribution in [0, 0.1) is 0 Å². The van der Waals surface area contributed by atoms with E-state index in [1.165, 1.54) is 6.92 Å². The normalized spacial score (nSPS) is 10.1. The van der Waals surface area contributed by atoms with Gasteiger partial charge in [-0.25, -0.2) is 0 Å². The van der Waals surface area contributed by atoms with Gasteiger partial charge < -0.3 is 5.11 Å². The van der Waals surface area contributed by atoms with Crippen molar-refractivity contribution in [2.75, 3.05) is 20.1 Å². The van der Waals surface area contributed by atoms with E-state index in [4.69, 9.17) is 5.11 Å². The second-order valence-electron chi connectivity index (χ2n) is 2.58. The first-order valence-corrected chi connectivity index (χ1v) is 3.42. The van der Waals surface area contributed by atoms with E-state index < -0.39 is 5.97 Å². The molecule has 0 aromatic carbocycles. The number of hydrogen-bond acceptors (Lipinski definition) is 3. The number of Topliss-reactive ketones (excluding diaryl/α,β-unsaturated/α-hetero) is 1. The summed E-state index contributed by atoms with van der Waals surface area (Å²) in [6.07, 6.45) is 0.0871. The van der Waals surface area contributed by atoms with Crippen LogP contribution in [0.2, 0.25) is 0 Å². The molecule has 0 aliphatic heterocycles. The van der Waals surface area contributed by atoms with E-state index in [1.807, 2.05) is 0 Å². The highest BCUT2D eigenvalue weighted by Gasteiger charge is 2.03. The smallest absolute Gasteiger partial charge is 0.304 e. The Hall–Kier alpha value is -0.900. The minimum atomic E-state index is -0.833. The maximum Gasteiger partial charge on any atom is 0.304 e. The van der Waals surface area contributed by atoms with Crippen LogP contribution >= 0.6 is 0 Å². The molecule has 0 atom stereocenters. The molecule has 0 spiro atoms. The molecule has 0 fully saturated rings. The van der Waals surface area contributed by atoms with Gasteiger partial charge in [-0.15, -0.1) is 0 Å². The maximum absolute atomic E-state index is 10.5. The molecule has 0 aliphatic rings. The van der Waals surface area contributed by atoms with Crippen molar-refractivity contribution in [3.63, 3.8) is 0 Å². The van der Waals surface area contributed by atoms with Crippen molar-refractivity contribution >= 4 is 11.8 Å². The summed E-state index contributed by atoms with van der Waals surface area (Å²) in [4.78, 5) is 22.3. The molecule has 11 heavy (non-hydrogen) atoms. The van der Waals surface area contributed by atoms with Gasteiger partial charge in [0, 0.05) is 6.54 Å². The number of hydrogen-bond donors (Lipinski definition) is 1. The summed E-state index contributed by atoms with van der Waals surface area (Å²) in [5.74, 6) is -0.779. The molecule has 0 aromatic heterocycles. The van der Waals surface area contributed by atoms with E-state index in [2.05, 4.69) is 0 Å². The third-order valence-corrected chi connectivity index (χ3v) is 1.20. The van der Waals surface area contributed by atoms with Gasteiger partial charge >= 0.3 is 5.97 Å². The van der Waals surface area contributed by atoms with Crippen LogP contribution < -0.4 is 0 Å². The Labute approximate surface area is 65.8 Å². The first-order chi connectivity index (χ1) is 5.02. The number of aliphatic carboxylic acids is 1. The predicted molar refractivity (Wildman–Crippen MR) is 40.4 cm³/mol. The van der Waals surface area contributed by atoms with Gasteiger partial charge in [0.25, 0.3) is 0 Å². The number of carboxylic acids is 1. The number of ketones is 1. The lowest BCUT2D eigenvalue weighted by Gasteiger charge is -2.12. The van der Waals surface area contributed by atoms with Crippen LogP contribution in [0.15, 0.2) is 0 Å².